The summed E-state index contributed by atoms with van der Waals surface area (Å²) in [5.74, 6) is 0. The summed E-state index contributed by atoms with van der Waals surface area (Å²) in [4.78, 5) is 0.297. The predicted octanol–water partition coefficient (Wildman–Crippen LogP) is 1.71. The molecule has 0 aromatic heterocycles. The fourth-order valence-electron chi connectivity index (χ4n) is 1.71. The van der Waals surface area contributed by atoms with Gasteiger partial charge in [-0.3, -0.25) is 0 Å². The molecule has 0 saturated carbocycles. The van der Waals surface area contributed by atoms with Gasteiger partial charge in [0.05, 0.1) is 4.90 Å². The number of thiocarbonyl (C=S) groups is 1. The van der Waals surface area contributed by atoms with Crippen molar-refractivity contribution in [2.75, 3.05) is 5.32 Å². The summed E-state index contributed by atoms with van der Waals surface area (Å²) in [6.45, 7) is 0. The third-order valence-corrected chi connectivity index (χ3v) is 3.77. The first kappa shape index (κ1) is 14.4. The third-order valence-electron chi connectivity index (χ3n) is 2.63. The molecule has 0 radical (unpaired) electrons. The summed E-state index contributed by atoms with van der Waals surface area (Å²) >= 11 is 4.97. The first-order chi connectivity index (χ1) is 9.38. The third kappa shape index (κ3) is 3.32. The van der Waals surface area contributed by atoms with Crippen molar-refractivity contribution in [3.63, 3.8) is 0 Å². The highest BCUT2D eigenvalue weighted by atomic mass is 32.2. The van der Waals surface area contributed by atoms with Crippen LogP contribution in [-0.2, 0) is 10.0 Å². The van der Waals surface area contributed by atoms with Gasteiger partial charge in [0.1, 0.15) is 4.99 Å². The fraction of sp³-hybridized carbons (Fsp3) is 0. The summed E-state index contributed by atoms with van der Waals surface area (Å²) in [6, 6.07) is 13.4. The minimum Gasteiger partial charge on any atom is -0.389 e. The number of primary sulfonamides is 1. The number of sulfonamides is 1. The molecule has 7 heteroatoms. The maximum absolute atomic E-state index is 11.3. The second-order valence-electron chi connectivity index (χ2n) is 4.11. The van der Waals surface area contributed by atoms with Crippen molar-refractivity contribution in [2.24, 2.45) is 10.9 Å². The van der Waals surface area contributed by atoms with Crippen LogP contribution < -0.4 is 16.2 Å². The van der Waals surface area contributed by atoms with E-state index in [1.807, 2.05) is 12.1 Å². The first-order valence-electron chi connectivity index (χ1n) is 5.66. The zero-order chi connectivity index (χ0) is 14.8. The Balaban J connectivity index is 2.39. The number of hydrogen-bond acceptors (Lipinski definition) is 4. The van der Waals surface area contributed by atoms with E-state index in [9.17, 15) is 8.42 Å². The zero-order valence-electron chi connectivity index (χ0n) is 10.4. The number of benzene rings is 2. The minimum atomic E-state index is -3.73. The quantitative estimate of drug-likeness (QED) is 0.747. The standard InChI is InChI=1S/C13H13N3O2S2/c14-13(19)11-6-1-2-7-12(11)16-9-4-3-5-10(8-9)20(15,17)18/h1-8,16H,(H2,14,19)(H2,15,17,18). The van der Waals surface area contributed by atoms with Gasteiger partial charge < -0.3 is 11.1 Å². The number of anilines is 2. The molecular formula is C13H13N3O2S2. The molecule has 0 bridgehead atoms. The van der Waals surface area contributed by atoms with E-state index < -0.39 is 10.0 Å². The molecule has 20 heavy (non-hydrogen) atoms. The van der Waals surface area contributed by atoms with Crippen LogP contribution in [0.2, 0.25) is 0 Å². The highest BCUT2D eigenvalue weighted by Crippen LogP contribution is 2.22. The minimum absolute atomic E-state index is 0.0373. The normalized spacial score (nSPS) is 11.1. The van der Waals surface area contributed by atoms with E-state index in [1.165, 1.54) is 12.1 Å². The Morgan fingerprint density at radius 2 is 1.80 bits per heavy atom. The van der Waals surface area contributed by atoms with Crippen molar-refractivity contribution in [3.8, 4) is 0 Å². The lowest BCUT2D eigenvalue weighted by molar-refractivity contribution is 0.598. The van der Waals surface area contributed by atoms with Crippen molar-refractivity contribution in [2.45, 2.75) is 4.90 Å². The molecule has 2 aromatic carbocycles. The molecule has 0 aliphatic rings. The van der Waals surface area contributed by atoms with Crippen LogP contribution in [0.1, 0.15) is 5.56 Å². The molecule has 0 fully saturated rings. The Kier molecular flexibility index (Phi) is 4.03. The molecule has 0 saturated heterocycles. The molecule has 2 aromatic rings. The van der Waals surface area contributed by atoms with E-state index in [0.717, 1.165) is 0 Å². The SMILES string of the molecule is NC(=S)c1ccccc1Nc1cccc(S(N)(=O)=O)c1. The number of hydrogen-bond donors (Lipinski definition) is 3. The van der Waals surface area contributed by atoms with E-state index in [-0.39, 0.29) is 9.88 Å². The van der Waals surface area contributed by atoms with Gasteiger partial charge in [0.2, 0.25) is 10.0 Å². The summed E-state index contributed by atoms with van der Waals surface area (Å²) in [7, 11) is -3.73. The summed E-state index contributed by atoms with van der Waals surface area (Å²) in [6.07, 6.45) is 0. The van der Waals surface area contributed by atoms with Crippen LogP contribution in [0.15, 0.2) is 53.4 Å². The van der Waals surface area contributed by atoms with Crippen molar-refractivity contribution >= 4 is 38.6 Å². The van der Waals surface area contributed by atoms with Gasteiger partial charge >= 0.3 is 0 Å². The van der Waals surface area contributed by atoms with Crippen LogP contribution in [0.5, 0.6) is 0 Å². The average molecular weight is 307 g/mol. The van der Waals surface area contributed by atoms with Crippen LogP contribution >= 0.6 is 12.2 Å². The molecule has 5 N–H and O–H groups in total. The van der Waals surface area contributed by atoms with E-state index in [0.29, 0.717) is 16.9 Å². The van der Waals surface area contributed by atoms with Gasteiger partial charge in [-0.05, 0) is 30.3 Å². The van der Waals surface area contributed by atoms with Crippen molar-refractivity contribution in [3.05, 3.63) is 54.1 Å². The monoisotopic (exact) mass is 307 g/mol. The summed E-state index contributed by atoms with van der Waals surface area (Å²) in [5.41, 5.74) is 7.61. The van der Waals surface area contributed by atoms with Crippen molar-refractivity contribution in [1.82, 2.24) is 0 Å². The van der Waals surface area contributed by atoms with Crippen molar-refractivity contribution in [1.29, 1.82) is 0 Å². The largest absolute Gasteiger partial charge is 0.389 e. The summed E-state index contributed by atoms with van der Waals surface area (Å²) < 4.78 is 22.6. The average Bonchev–Trinajstić information content (AvgIpc) is 2.38. The maximum Gasteiger partial charge on any atom is 0.238 e. The summed E-state index contributed by atoms with van der Waals surface area (Å²) in [5, 5.41) is 8.18. The Hall–Kier alpha value is -1.96. The van der Waals surface area contributed by atoms with Crippen LogP contribution in [-0.4, -0.2) is 13.4 Å². The smallest absolute Gasteiger partial charge is 0.238 e. The van der Waals surface area contributed by atoms with Crippen LogP contribution in [0, 0.1) is 0 Å². The second-order valence-corrected chi connectivity index (χ2v) is 6.11. The Labute approximate surface area is 122 Å². The fourth-order valence-corrected chi connectivity index (χ4v) is 2.45. The van der Waals surface area contributed by atoms with Gasteiger partial charge in [-0.2, -0.15) is 0 Å². The van der Waals surface area contributed by atoms with Crippen LogP contribution in [0.3, 0.4) is 0 Å². The lowest BCUT2D eigenvalue weighted by Crippen LogP contribution is -2.13. The highest BCUT2D eigenvalue weighted by molar-refractivity contribution is 7.89. The Morgan fingerprint density at radius 1 is 1.10 bits per heavy atom. The van der Waals surface area contributed by atoms with Gasteiger partial charge in [0.15, 0.2) is 0 Å². The van der Waals surface area contributed by atoms with E-state index >= 15 is 0 Å². The molecule has 0 heterocycles. The zero-order valence-corrected chi connectivity index (χ0v) is 12.0. The van der Waals surface area contributed by atoms with E-state index in [1.54, 1.807) is 24.3 Å². The van der Waals surface area contributed by atoms with Crippen LogP contribution in [0.25, 0.3) is 0 Å². The predicted molar refractivity (Wildman–Crippen MR) is 83.4 cm³/mol. The molecule has 2 rings (SSSR count). The molecule has 0 aliphatic carbocycles. The number of para-hydroxylation sites is 1. The molecule has 0 spiro atoms. The number of nitrogens with two attached hydrogens (primary N) is 2. The molecule has 0 atom stereocenters. The van der Waals surface area contributed by atoms with Gasteiger partial charge in [-0.25, -0.2) is 13.6 Å². The molecule has 104 valence electrons. The molecule has 0 unspecified atom stereocenters. The molecule has 0 aliphatic heterocycles. The van der Waals surface area contributed by atoms with Crippen LogP contribution in [0.4, 0.5) is 11.4 Å². The molecule has 5 nitrogen and oxygen atoms in total. The van der Waals surface area contributed by atoms with Gasteiger partial charge in [0, 0.05) is 16.9 Å². The van der Waals surface area contributed by atoms with Gasteiger partial charge in [0.25, 0.3) is 0 Å². The molecular weight excluding hydrogens is 294 g/mol. The van der Waals surface area contributed by atoms with Gasteiger partial charge in [-0.1, -0.05) is 30.4 Å². The van der Waals surface area contributed by atoms with Crippen molar-refractivity contribution < 1.29 is 8.42 Å². The van der Waals surface area contributed by atoms with E-state index in [2.05, 4.69) is 5.32 Å². The van der Waals surface area contributed by atoms with Gasteiger partial charge in [-0.15, -0.1) is 0 Å². The lowest BCUT2D eigenvalue weighted by Gasteiger charge is -2.11. The Morgan fingerprint density at radius 3 is 2.45 bits per heavy atom. The Bertz CT molecular complexity index is 758. The van der Waals surface area contributed by atoms with E-state index in [4.69, 9.17) is 23.1 Å². The topological polar surface area (TPSA) is 98.2 Å². The molecule has 0 amide bonds. The number of rotatable bonds is 4. The lowest BCUT2D eigenvalue weighted by atomic mass is 10.1. The number of nitrogens with one attached hydrogen (secondary N) is 1. The second kappa shape index (κ2) is 5.58. The highest BCUT2D eigenvalue weighted by Gasteiger charge is 2.09. The first-order valence-corrected chi connectivity index (χ1v) is 7.62. The maximum atomic E-state index is 11.3.